The molecule has 0 unspecified atom stereocenters. The molecule has 0 saturated carbocycles. The van der Waals surface area contributed by atoms with E-state index in [-0.39, 0.29) is 0 Å². The molecule has 90 valence electrons. The van der Waals surface area contributed by atoms with Gasteiger partial charge in [-0.1, -0.05) is 26.8 Å². The maximum absolute atomic E-state index is 3.47. The molecule has 1 N–H and O–H groups in total. The number of rotatable bonds is 4. The zero-order chi connectivity index (χ0) is 12.2. The SMILES string of the molecule is CN(C)c1cccc(NCCC(C)(C)C)c1. The van der Waals surface area contributed by atoms with Crippen LogP contribution in [0.1, 0.15) is 27.2 Å². The van der Waals surface area contributed by atoms with Gasteiger partial charge >= 0.3 is 0 Å². The molecule has 2 nitrogen and oxygen atoms in total. The van der Waals surface area contributed by atoms with Crippen molar-refractivity contribution in [2.24, 2.45) is 5.41 Å². The average Bonchev–Trinajstić information content (AvgIpc) is 2.16. The molecule has 0 spiro atoms. The first-order valence-electron chi connectivity index (χ1n) is 5.90. The molecule has 0 amide bonds. The summed E-state index contributed by atoms with van der Waals surface area (Å²) in [6, 6.07) is 8.52. The molecule has 0 saturated heterocycles. The van der Waals surface area contributed by atoms with Crippen LogP contribution >= 0.6 is 0 Å². The van der Waals surface area contributed by atoms with Crippen LogP contribution in [0, 0.1) is 5.41 Å². The molecular formula is C14H24N2. The molecule has 0 bridgehead atoms. The molecular weight excluding hydrogens is 196 g/mol. The Hall–Kier alpha value is -1.18. The Morgan fingerprint density at radius 1 is 1.19 bits per heavy atom. The second kappa shape index (κ2) is 5.24. The molecule has 0 aliphatic heterocycles. The number of hydrogen-bond donors (Lipinski definition) is 1. The van der Waals surface area contributed by atoms with E-state index in [4.69, 9.17) is 0 Å². The first-order chi connectivity index (χ1) is 7.38. The Labute approximate surface area is 99.7 Å². The van der Waals surface area contributed by atoms with Gasteiger partial charge in [-0.05, 0) is 30.0 Å². The molecule has 1 aromatic carbocycles. The summed E-state index contributed by atoms with van der Waals surface area (Å²) >= 11 is 0. The highest BCUT2D eigenvalue weighted by atomic mass is 15.1. The predicted molar refractivity (Wildman–Crippen MR) is 73.3 cm³/mol. The summed E-state index contributed by atoms with van der Waals surface area (Å²) < 4.78 is 0. The van der Waals surface area contributed by atoms with E-state index in [1.807, 2.05) is 0 Å². The molecule has 16 heavy (non-hydrogen) atoms. The van der Waals surface area contributed by atoms with Crippen molar-refractivity contribution in [3.8, 4) is 0 Å². The molecule has 0 heterocycles. The number of anilines is 2. The first-order valence-corrected chi connectivity index (χ1v) is 5.90. The summed E-state index contributed by atoms with van der Waals surface area (Å²) in [5.74, 6) is 0. The van der Waals surface area contributed by atoms with Crippen molar-refractivity contribution in [1.82, 2.24) is 0 Å². The highest BCUT2D eigenvalue weighted by Gasteiger charge is 2.08. The van der Waals surface area contributed by atoms with Crippen LogP contribution in [0.5, 0.6) is 0 Å². The van der Waals surface area contributed by atoms with E-state index in [9.17, 15) is 0 Å². The number of hydrogen-bond acceptors (Lipinski definition) is 2. The second-order valence-electron chi connectivity index (χ2n) is 5.68. The smallest absolute Gasteiger partial charge is 0.0381 e. The van der Waals surface area contributed by atoms with Gasteiger partial charge in [-0.25, -0.2) is 0 Å². The van der Waals surface area contributed by atoms with E-state index >= 15 is 0 Å². The predicted octanol–water partition coefficient (Wildman–Crippen LogP) is 3.60. The quantitative estimate of drug-likeness (QED) is 0.834. The Balaban J connectivity index is 2.51. The van der Waals surface area contributed by atoms with Crippen molar-refractivity contribution in [2.45, 2.75) is 27.2 Å². The number of benzene rings is 1. The molecule has 0 radical (unpaired) electrons. The summed E-state index contributed by atoms with van der Waals surface area (Å²) in [6.45, 7) is 7.83. The first kappa shape index (κ1) is 12.9. The van der Waals surface area contributed by atoms with E-state index in [1.54, 1.807) is 0 Å². The fourth-order valence-electron chi connectivity index (χ4n) is 1.48. The van der Waals surface area contributed by atoms with Gasteiger partial charge in [0.05, 0.1) is 0 Å². The van der Waals surface area contributed by atoms with Gasteiger partial charge in [0.25, 0.3) is 0 Å². The lowest BCUT2D eigenvalue weighted by atomic mass is 9.92. The van der Waals surface area contributed by atoms with Crippen LogP contribution in [0.3, 0.4) is 0 Å². The summed E-state index contributed by atoms with van der Waals surface area (Å²) in [5.41, 5.74) is 2.84. The lowest BCUT2D eigenvalue weighted by molar-refractivity contribution is 0.390. The zero-order valence-corrected chi connectivity index (χ0v) is 11.2. The minimum atomic E-state index is 0.395. The van der Waals surface area contributed by atoms with Gasteiger partial charge in [0.15, 0.2) is 0 Å². The van der Waals surface area contributed by atoms with Gasteiger partial charge in [-0.15, -0.1) is 0 Å². The standard InChI is InChI=1S/C14H24N2/c1-14(2,3)9-10-15-12-7-6-8-13(11-12)16(4)5/h6-8,11,15H,9-10H2,1-5H3. The van der Waals surface area contributed by atoms with Crippen molar-refractivity contribution in [2.75, 3.05) is 30.9 Å². The molecule has 0 atom stereocenters. The number of nitrogens with zero attached hydrogens (tertiary/aromatic N) is 1. The summed E-state index contributed by atoms with van der Waals surface area (Å²) in [7, 11) is 4.13. The molecule has 1 rings (SSSR count). The van der Waals surface area contributed by atoms with Crippen LogP contribution in [0.2, 0.25) is 0 Å². The van der Waals surface area contributed by atoms with Gasteiger partial charge in [0.1, 0.15) is 0 Å². The van der Waals surface area contributed by atoms with Crippen LogP contribution in [0.15, 0.2) is 24.3 Å². The monoisotopic (exact) mass is 220 g/mol. The summed E-state index contributed by atoms with van der Waals surface area (Å²) in [4.78, 5) is 2.12. The van der Waals surface area contributed by atoms with Crippen LogP contribution in [-0.2, 0) is 0 Å². The van der Waals surface area contributed by atoms with Crippen LogP contribution < -0.4 is 10.2 Å². The van der Waals surface area contributed by atoms with Crippen molar-refractivity contribution >= 4 is 11.4 Å². The Bertz CT molecular complexity index is 324. The maximum atomic E-state index is 3.47. The molecule has 0 fully saturated rings. The summed E-state index contributed by atoms with van der Waals surface area (Å²) in [6.07, 6.45) is 1.18. The topological polar surface area (TPSA) is 15.3 Å². The third-order valence-corrected chi connectivity index (χ3v) is 2.57. The van der Waals surface area contributed by atoms with Crippen molar-refractivity contribution in [3.63, 3.8) is 0 Å². The van der Waals surface area contributed by atoms with E-state index in [1.165, 1.54) is 17.8 Å². The van der Waals surface area contributed by atoms with Crippen LogP contribution in [0.25, 0.3) is 0 Å². The fourth-order valence-corrected chi connectivity index (χ4v) is 1.48. The van der Waals surface area contributed by atoms with Crippen LogP contribution in [-0.4, -0.2) is 20.6 Å². The Kier molecular flexibility index (Phi) is 4.22. The average molecular weight is 220 g/mol. The minimum Gasteiger partial charge on any atom is -0.385 e. The summed E-state index contributed by atoms with van der Waals surface area (Å²) in [5, 5.41) is 3.47. The van der Waals surface area contributed by atoms with E-state index in [0.717, 1.165) is 6.54 Å². The minimum absolute atomic E-state index is 0.395. The normalized spacial score (nSPS) is 11.3. The fraction of sp³-hybridized carbons (Fsp3) is 0.571. The molecule has 2 heteroatoms. The van der Waals surface area contributed by atoms with Gasteiger partial charge in [-0.3, -0.25) is 0 Å². The van der Waals surface area contributed by atoms with Crippen molar-refractivity contribution in [3.05, 3.63) is 24.3 Å². The van der Waals surface area contributed by atoms with Gasteiger partial charge in [0, 0.05) is 32.0 Å². The highest BCUT2D eigenvalue weighted by molar-refractivity contribution is 5.57. The largest absolute Gasteiger partial charge is 0.385 e. The third-order valence-electron chi connectivity index (χ3n) is 2.57. The zero-order valence-electron chi connectivity index (χ0n) is 11.2. The lowest BCUT2D eigenvalue weighted by Gasteiger charge is -2.19. The second-order valence-corrected chi connectivity index (χ2v) is 5.68. The van der Waals surface area contributed by atoms with Gasteiger partial charge in [0.2, 0.25) is 0 Å². The lowest BCUT2D eigenvalue weighted by Crippen LogP contribution is -2.13. The Morgan fingerprint density at radius 3 is 2.44 bits per heavy atom. The maximum Gasteiger partial charge on any atom is 0.0381 e. The molecule has 0 aliphatic carbocycles. The Morgan fingerprint density at radius 2 is 1.88 bits per heavy atom. The number of nitrogens with one attached hydrogen (secondary N) is 1. The molecule has 1 aromatic rings. The van der Waals surface area contributed by atoms with E-state index < -0.39 is 0 Å². The van der Waals surface area contributed by atoms with Gasteiger partial charge < -0.3 is 10.2 Å². The van der Waals surface area contributed by atoms with E-state index in [0.29, 0.717) is 5.41 Å². The van der Waals surface area contributed by atoms with Gasteiger partial charge in [-0.2, -0.15) is 0 Å². The molecule has 0 aromatic heterocycles. The van der Waals surface area contributed by atoms with Crippen molar-refractivity contribution in [1.29, 1.82) is 0 Å². The van der Waals surface area contributed by atoms with Crippen molar-refractivity contribution < 1.29 is 0 Å². The van der Waals surface area contributed by atoms with Crippen LogP contribution in [0.4, 0.5) is 11.4 Å². The van der Waals surface area contributed by atoms with E-state index in [2.05, 4.69) is 69.3 Å². The highest BCUT2D eigenvalue weighted by Crippen LogP contribution is 2.20. The third kappa shape index (κ3) is 4.56. The molecule has 0 aliphatic rings.